The second-order valence-corrected chi connectivity index (χ2v) is 5.59. The summed E-state index contributed by atoms with van der Waals surface area (Å²) in [7, 11) is 0. The fourth-order valence-corrected chi connectivity index (χ4v) is 2.59. The van der Waals surface area contributed by atoms with Crippen LogP contribution < -0.4 is 0 Å². The van der Waals surface area contributed by atoms with Crippen molar-refractivity contribution in [2.75, 3.05) is 11.0 Å². The molecule has 2 aromatic rings. The maximum Gasteiger partial charge on any atom is 0.0717 e. The summed E-state index contributed by atoms with van der Waals surface area (Å²) in [5.41, 5.74) is 2.64. The van der Waals surface area contributed by atoms with E-state index < -0.39 is 0 Å². The maximum atomic E-state index is 5.84. The van der Waals surface area contributed by atoms with Gasteiger partial charge in [-0.1, -0.05) is 83.3 Å². The standard InChI is InChI=1S/C17H19IO/c18-12-17(11-15-7-3-1-4-8-15)14-19-13-16-9-5-2-6-10-16/h1-10,17H,11-14H2. The van der Waals surface area contributed by atoms with E-state index in [4.69, 9.17) is 4.74 Å². The first kappa shape index (κ1) is 14.5. The molecule has 2 heteroatoms. The van der Waals surface area contributed by atoms with Crippen LogP contribution in [0.3, 0.4) is 0 Å². The highest BCUT2D eigenvalue weighted by Gasteiger charge is 2.08. The van der Waals surface area contributed by atoms with Gasteiger partial charge in [0.15, 0.2) is 0 Å². The summed E-state index contributed by atoms with van der Waals surface area (Å²) in [5.74, 6) is 0.590. The molecule has 0 heterocycles. The van der Waals surface area contributed by atoms with Gasteiger partial charge in [-0.25, -0.2) is 0 Å². The number of hydrogen-bond acceptors (Lipinski definition) is 1. The molecule has 1 unspecified atom stereocenters. The minimum absolute atomic E-state index is 0.590. The van der Waals surface area contributed by atoms with Crippen LogP contribution in [0.25, 0.3) is 0 Å². The first-order valence-electron chi connectivity index (χ1n) is 6.60. The lowest BCUT2D eigenvalue weighted by molar-refractivity contribution is 0.0942. The van der Waals surface area contributed by atoms with E-state index in [0.29, 0.717) is 12.5 Å². The summed E-state index contributed by atoms with van der Waals surface area (Å²) >= 11 is 2.45. The van der Waals surface area contributed by atoms with Crippen molar-refractivity contribution in [3.63, 3.8) is 0 Å². The molecule has 2 aromatic carbocycles. The second kappa shape index (κ2) is 8.33. The summed E-state index contributed by atoms with van der Waals surface area (Å²) in [6.45, 7) is 1.54. The molecular formula is C17H19IO. The lowest BCUT2D eigenvalue weighted by Crippen LogP contribution is -2.14. The molecule has 0 saturated carbocycles. The van der Waals surface area contributed by atoms with Crippen LogP contribution in [-0.2, 0) is 17.8 Å². The summed E-state index contributed by atoms with van der Waals surface area (Å²) < 4.78 is 6.97. The zero-order chi connectivity index (χ0) is 13.3. The van der Waals surface area contributed by atoms with Gasteiger partial charge in [-0.15, -0.1) is 0 Å². The molecular weight excluding hydrogens is 347 g/mol. The third kappa shape index (κ3) is 5.33. The molecule has 0 radical (unpaired) electrons. The van der Waals surface area contributed by atoms with Gasteiger partial charge in [0.1, 0.15) is 0 Å². The second-order valence-electron chi connectivity index (χ2n) is 4.71. The van der Waals surface area contributed by atoms with Gasteiger partial charge in [0, 0.05) is 4.43 Å². The molecule has 0 bridgehead atoms. The van der Waals surface area contributed by atoms with Crippen LogP contribution in [0.5, 0.6) is 0 Å². The Kier molecular flexibility index (Phi) is 6.37. The van der Waals surface area contributed by atoms with Crippen LogP contribution in [0, 0.1) is 5.92 Å². The zero-order valence-electron chi connectivity index (χ0n) is 11.0. The normalized spacial score (nSPS) is 12.3. The number of rotatable bonds is 7. The van der Waals surface area contributed by atoms with Crippen molar-refractivity contribution < 1.29 is 4.74 Å². The number of ether oxygens (including phenoxy) is 1. The van der Waals surface area contributed by atoms with Crippen molar-refractivity contribution in [3.8, 4) is 0 Å². The third-order valence-electron chi connectivity index (χ3n) is 3.05. The Morgan fingerprint density at radius 1 is 0.842 bits per heavy atom. The molecule has 0 aromatic heterocycles. The molecule has 2 rings (SSSR count). The van der Waals surface area contributed by atoms with E-state index >= 15 is 0 Å². The molecule has 1 nitrogen and oxygen atoms in total. The van der Waals surface area contributed by atoms with Crippen LogP contribution >= 0.6 is 22.6 Å². The molecule has 0 aliphatic rings. The average Bonchev–Trinajstić information content (AvgIpc) is 2.48. The Bertz CT molecular complexity index is 455. The highest BCUT2D eigenvalue weighted by Crippen LogP contribution is 2.13. The molecule has 1 atom stereocenters. The SMILES string of the molecule is ICC(COCc1ccccc1)Cc1ccccc1. The molecule has 0 aliphatic carbocycles. The monoisotopic (exact) mass is 366 g/mol. The van der Waals surface area contributed by atoms with E-state index in [1.54, 1.807) is 0 Å². The minimum Gasteiger partial charge on any atom is -0.376 e. The molecule has 0 saturated heterocycles. The smallest absolute Gasteiger partial charge is 0.0717 e. The van der Waals surface area contributed by atoms with Crippen LogP contribution in [-0.4, -0.2) is 11.0 Å². The summed E-state index contributed by atoms with van der Waals surface area (Å²) in [6, 6.07) is 21.0. The largest absolute Gasteiger partial charge is 0.376 e. The van der Waals surface area contributed by atoms with Gasteiger partial charge in [-0.05, 0) is 23.5 Å². The molecule has 100 valence electrons. The lowest BCUT2D eigenvalue weighted by atomic mass is 10.0. The fraction of sp³-hybridized carbons (Fsp3) is 0.294. The quantitative estimate of drug-likeness (QED) is 0.518. The van der Waals surface area contributed by atoms with Crippen molar-refractivity contribution in [3.05, 3.63) is 71.8 Å². The van der Waals surface area contributed by atoms with Crippen LogP contribution in [0.2, 0.25) is 0 Å². The highest BCUT2D eigenvalue weighted by molar-refractivity contribution is 14.1. The highest BCUT2D eigenvalue weighted by atomic mass is 127. The van der Waals surface area contributed by atoms with Crippen LogP contribution in [0.4, 0.5) is 0 Å². The van der Waals surface area contributed by atoms with Gasteiger partial charge < -0.3 is 4.74 Å². The van der Waals surface area contributed by atoms with Crippen LogP contribution in [0.1, 0.15) is 11.1 Å². The third-order valence-corrected chi connectivity index (χ3v) is 4.30. The molecule has 0 fully saturated rings. The minimum atomic E-state index is 0.590. The Labute approximate surface area is 129 Å². The topological polar surface area (TPSA) is 9.23 Å². The molecule has 0 amide bonds. The first-order valence-corrected chi connectivity index (χ1v) is 8.12. The zero-order valence-corrected chi connectivity index (χ0v) is 13.1. The Morgan fingerprint density at radius 3 is 2.00 bits per heavy atom. The van der Waals surface area contributed by atoms with Gasteiger partial charge in [0.2, 0.25) is 0 Å². The number of alkyl halides is 1. The predicted molar refractivity (Wildman–Crippen MR) is 88.6 cm³/mol. The van der Waals surface area contributed by atoms with Gasteiger partial charge >= 0.3 is 0 Å². The van der Waals surface area contributed by atoms with E-state index in [0.717, 1.165) is 17.5 Å². The van der Waals surface area contributed by atoms with Gasteiger partial charge in [-0.2, -0.15) is 0 Å². The Morgan fingerprint density at radius 2 is 1.42 bits per heavy atom. The fourth-order valence-electron chi connectivity index (χ4n) is 2.02. The van der Waals surface area contributed by atoms with E-state index in [1.165, 1.54) is 11.1 Å². The predicted octanol–water partition coefficient (Wildman–Crippen LogP) is 4.50. The van der Waals surface area contributed by atoms with E-state index in [1.807, 2.05) is 6.07 Å². The first-order chi connectivity index (χ1) is 9.38. The maximum absolute atomic E-state index is 5.84. The van der Waals surface area contributed by atoms with Crippen molar-refractivity contribution >= 4 is 22.6 Å². The average molecular weight is 366 g/mol. The van der Waals surface area contributed by atoms with Gasteiger partial charge in [-0.3, -0.25) is 0 Å². The number of benzene rings is 2. The van der Waals surface area contributed by atoms with E-state index in [2.05, 4.69) is 77.2 Å². The molecule has 0 spiro atoms. The molecule has 0 aliphatic heterocycles. The Hall–Kier alpha value is -0.870. The number of halogens is 1. The van der Waals surface area contributed by atoms with Crippen LogP contribution in [0.15, 0.2) is 60.7 Å². The van der Waals surface area contributed by atoms with Crippen molar-refractivity contribution in [2.45, 2.75) is 13.0 Å². The van der Waals surface area contributed by atoms with E-state index in [-0.39, 0.29) is 0 Å². The summed E-state index contributed by atoms with van der Waals surface area (Å²) in [6.07, 6.45) is 1.10. The Balaban J connectivity index is 1.77. The van der Waals surface area contributed by atoms with E-state index in [9.17, 15) is 0 Å². The van der Waals surface area contributed by atoms with Crippen molar-refractivity contribution in [1.82, 2.24) is 0 Å². The molecule has 0 N–H and O–H groups in total. The summed E-state index contributed by atoms with van der Waals surface area (Å²) in [4.78, 5) is 0. The van der Waals surface area contributed by atoms with Gasteiger partial charge in [0.25, 0.3) is 0 Å². The van der Waals surface area contributed by atoms with Gasteiger partial charge in [0.05, 0.1) is 13.2 Å². The summed E-state index contributed by atoms with van der Waals surface area (Å²) in [5, 5.41) is 0. The van der Waals surface area contributed by atoms with Crippen molar-refractivity contribution in [1.29, 1.82) is 0 Å². The van der Waals surface area contributed by atoms with Crippen molar-refractivity contribution in [2.24, 2.45) is 5.92 Å². The molecule has 19 heavy (non-hydrogen) atoms. The number of hydrogen-bond donors (Lipinski definition) is 0. The lowest BCUT2D eigenvalue weighted by Gasteiger charge is -2.14.